The topological polar surface area (TPSA) is 86.8 Å². The molecule has 8 nitrogen and oxygen atoms in total. The van der Waals surface area contributed by atoms with E-state index in [2.05, 4.69) is 20.5 Å². The minimum absolute atomic E-state index is 0.262. The summed E-state index contributed by atoms with van der Waals surface area (Å²) in [5.41, 5.74) is 2.37. The second-order valence-electron chi connectivity index (χ2n) is 8.93. The Kier molecular flexibility index (Phi) is 6.04. The van der Waals surface area contributed by atoms with Crippen molar-refractivity contribution in [3.05, 3.63) is 35.3 Å². The van der Waals surface area contributed by atoms with E-state index < -0.39 is 5.60 Å². The molecule has 166 valence electrons. The molecule has 1 aromatic heterocycles. The molecule has 1 saturated heterocycles. The third kappa shape index (κ3) is 5.88. The molecular formula is C22H29N5O3S. The fourth-order valence-electron chi connectivity index (χ4n) is 3.40. The van der Waals surface area contributed by atoms with Crippen LogP contribution in [0, 0.1) is 0 Å². The first-order valence-electron chi connectivity index (χ1n) is 10.6. The molecule has 0 spiro atoms. The van der Waals surface area contributed by atoms with Gasteiger partial charge in [0.2, 0.25) is 0 Å². The predicted molar refractivity (Wildman–Crippen MR) is 123 cm³/mol. The summed E-state index contributed by atoms with van der Waals surface area (Å²) in [7, 11) is 0. The van der Waals surface area contributed by atoms with Crippen LogP contribution in [0.25, 0.3) is 0 Å². The van der Waals surface area contributed by atoms with Crippen molar-refractivity contribution in [2.45, 2.75) is 45.1 Å². The highest BCUT2D eigenvalue weighted by atomic mass is 32.1. The lowest BCUT2D eigenvalue weighted by Crippen LogP contribution is -2.50. The number of benzene rings is 1. The Labute approximate surface area is 186 Å². The monoisotopic (exact) mass is 443 g/mol. The number of piperazine rings is 1. The number of aromatic nitrogens is 1. The summed E-state index contributed by atoms with van der Waals surface area (Å²) in [6.45, 7) is 8.33. The van der Waals surface area contributed by atoms with Crippen LogP contribution in [0.5, 0.6) is 0 Å². The van der Waals surface area contributed by atoms with Crippen LogP contribution in [-0.4, -0.2) is 53.8 Å². The van der Waals surface area contributed by atoms with Gasteiger partial charge in [0.05, 0.1) is 5.69 Å². The number of thiazole rings is 1. The number of hydrogen-bond acceptors (Lipinski definition) is 6. The van der Waals surface area contributed by atoms with E-state index in [9.17, 15) is 9.59 Å². The smallest absolute Gasteiger partial charge is 0.410 e. The highest BCUT2D eigenvalue weighted by Crippen LogP contribution is 2.40. The first-order chi connectivity index (χ1) is 14.8. The molecule has 1 aromatic carbocycles. The van der Waals surface area contributed by atoms with E-state index in [4.69, 9.17) is 4.74 Å². The van der Waals surface area contributed by atoms with Crippen LogP contribution < -0.4 is 15.5 Å². The second kappa shape index (κ2) is 8.74. The maximum absolute atomic E-state index is 12.2. The van der Waals surface area contributed by atoms with Crippen molar-refractivity contribution >= 4 is 40.0 Å². The molecule has 2 N–H and O–H groups in total. The maximum Gasteiger partial charge on any atom is 0.410 e. The van der Waals surface area contributed by atoms with E-state index in [0.717, 1.165) is 24.5 Å². The molecule has 4 rings (SSSR count). The summed E-state index contributed by atoms with van der Waals surface area (Å²) in [5.74, 6) is 0.577. The lowest BCUT2D eigenvalue weighted by molar-refractivity contribution is 0.0240. The third-order valence-electron chi connectivity index (χ3n) is 5.16. The minimum atomic E-state index is -0.484. The molecule has 0 atom stereocenters. The number of carbonyl (C=O) groups is 2. The molecule has 0 bridgehead atoms. The number of amides is 3. The molecule has 2 fully saturated rings. The number of rotatable bonds is 4. The average Bonchev–Trinajstić information content (AvgIpc) is 3.47. The van der Waals surface area contributed by atoms with Crippen LogP contribution in [0.1, 0.15) is 45.2 Å². The van der Waals surface area contributed by atoms with Crippen molar-refractivity contribution in [2.75, 3.05) is 41.7 Å². The fourth-order valence-corrected chi connectivity index (χ4v) is 4.19. The number of hydrogen-bond donors (Lipinski definition) is 2. The molecule has 1 aliphatic heterocycles. The van der Waals surface area contributed by atoms with Gasteiger partial charge in [-0.2, -0.15) is 0 Å². The highest BCUT2D eigenvalue weighted by molar-refractivity contribution is 7.14. The molecule has 9 heteroatoms. The highest BCUT2D eigenvalue weighted by Gasteiger charge is 2.27. The summed E-state index contributed by atoms with van der Waals surface area (Å²) in [4.78, 5) is 32.9. The average molecular weight is 444 g/mol. The van der Waals surface area contributed by atoms with Crippen LogP contribution in [0.3, 0.4) is 0 Å². The van der Waals surface area contributed by atoms with E-state index in [1.165, 1.54) is 24.2 Å². The van der Waals surface area contributed by atoms with Gasteiger partial charge in [-0.15, -0.1) is 11.3 Å². The Morgan fingerprint density at radius 2 is 1.74 bits per heavy atom. The normalized spacial score (nSPS) is 16.7. The van der Waals surface area contributed by atoms with E-state index in [-0.39, 0.29) is 12.1 Å². The summed E-state index contributed by atoms with van der Waals surface area (Å²) >= 11 is 1.46. The molecular weight excluding hydrogens is 414 g/mol. The van der Waals surface area contributed by atoms with Gasteiger partial charge in [-0.3, -0.25) is 5.32 Å². The Balaban J connectivity index is 1.25. The first-order valence-corrected chi connectivity index (χ1v) is 11.5. The van der Waals surface area contributed by atoms with Crippen LogP contribution in [0.4, 0.5) is 26.1 Å². The minimum Gasteiger partial charge on any atom is -0.444 e. The molecule has 0 radical (unpaired) electrons. The van der Waals surface area contributed by atoms with Gasteiger partial charge >= 0.3 is 12.1 Å². The van der Waals surface area contributed by atoms with Gasteiger partial charge in [-0.05, 0) is 57.9 Å². The van der Waals surface area contributed by atoms with Crippen molar-refractivity contribution in [3.8, 4) is 0 Å². The molecule has 2 aromatic rings. The van der Waals surface area contributed by atoms with Gasteiger partial charge < -0.3 is 19.9 Å². The quantitative estimate of drug-likeness (QED) is 0.714. The van der Waals surface area contributed by atoms with Gasteiger partial charge in [0.1, 0.15) is 5.60 Å². The van der Waals surface area contributed by atoms with Gasteiger partial charge in [0.15, 0.2) is 5.13 Å². The van der Waals surface area contributed by atoms with Crippen LogP contribution in [-0.2, 0) is 4.74 Å². The molecule has 2 heterocycles. The first kappa shape index (κ1) is 21.4. The number of carbonyl (C=O) groups excluding carboxylic acids is 2. The van der Waals surface area contributed by atoms with E-state index in [1.807, 2.05) is 50.4 Å². The van der Waals surface area contributed by atoms with Gasteiger partial charge in [-0.25, -0.2) is 14.6 Å². The standard InChI is InChI=1S/C22H29N5O3S/c1-22(2,3)30-21(29)27-12-10-26(11-13-27)17-8-6-16(7-9-17)23-19(28)25-20-24-18(14-31-20)15-4-5-15/h6-9,14-15H,4-5,10-13H2,1-3H3,(H2,23,24,25,28). The second-order valence-corrected chi connectivity index (χ2v) is 9.79. The third-order valence-corrected chi connectivity index (χ3v) is 5.94. The van der Waals surface area contributed by atoms with E-state index >= 15 is 0 Å². The van der Waals surface area contributed by atoms with E-state index in [1.54, 1.807) is 4.90 Å². The summed E-state index contributed by atoms with van der Waals surface area (Å²) in [6.07, 6.45) is 2.12. The van der Waals surface area contributed by atoms with Gasteiger partial charge in [0.25, 0.3) is 0 Å². The van der Waals surface area contributed by atoms with Gasteiger partial charge in [-0.1, -0.05) is 0 Å². The Bertz CT molecular complexity index is 925. The largest absolute Gasteiger partial charge is 0.444 e. The number of nitrogens with zero attached hydrogens (tertiary/aromatic N) is 3. The zero-order valence-corrected chi connectivity index (χ0v) is 19.0. The Hall–Kier alpha value is -2.81. The molecule has 0 unspecified atom stereocenters. The van der Waals surface area contributed by atoms with Crippen molar-refractivity contribution in [1.29, 1.82) is 0 Å². The Morgan fingerprint density at radius 3 is 2.35 bits per heavy atom. The number of ether oxygens (including phenoxy) is 1. The lowest BCUT2D eigenvalue weighted by Gasteiger charge is -2.36. The van der Waals surface area contributed by atoms with Gasteiger partial charge in [0, 0.05) is 48.9 Å². The van der Waals surface area contributed by atoms with E-state index in [0.29, 0.717) is 29.8 Å². The fraction of sp³-hybridized carbons (Fsp3) is 0.500. The number of urea groups is 1. The zero-order valence-electron chi connectivity index (χ0n) is 18.2. The molecule has 1 aliphatic carbocycles. The van der Waals surface area contributed by atoms with Crippen molar-refractivity contribution in [2.24, 2.45) is 0 Å². The number of nitrogens with one attached hydrogen (secondary N) is 2. The summed E-state index contributed by atoms with van der Waals surface area (Å²) in [5, 5.41) is 8.29. The molecule has 1 saturated carbocycles. The van der Waals surface area contributed by atoms with Crippen molar-refractivity contribution < 1.29 is 14.3 Å². The van der Waals surface area contributed by atoms with Crippen LogP contribution in [0.15, 0.2) is 29.6 Å². The van der Waals surface area contributed by atoms with Crippen molar-refractivity contribution in [3.63, 3.8) is 0 Å². The molecule has 31 heavy (non-hydrogen) atoms. The molecule has 3 amide bonds. The number of anilines is 3. The SMILES string of the molecule is CC(C)(C)OC(=O)N1CCN(c2ccc(NC(=O)Nc3nc(C4CC4)cs3)cc2)CC1. The Morgan fingerprint density at radius 1 is 1.06 bits per heavy atom. The van der Waals surface area contributed by atoms with Crippen LogP contribution >= 0.6 is 11.3 Å². The summed E-state index contributed by atoms with van der Waals surface area (Å²) in [6, 6.07) is 7.43. The molecule has 2 aliphatic rings. The predicted octanol–water partition coefficient (Wildman–Crippen LogP) is 4.72. The summed E-state index contributed by atoms with van der Waals surface area (Å²) < 4.78 is 5.45. The lowest BCUT2D eigenvalue weighted by atomic mass is 10.2. The zero-order chi connectivity index (χ0) is 22.0. The van der Waals surface area contributed by atoms with Crippen molar-refractivity contribution in [1.82, 2.24) is 9.88 Å². The maximum atomic E-state index is 12.2. The van der Waals surface area contributed by atoms with Crippen LogP contribution in [0.2, 0.25) is 0 Å².